The van der Waals surface area contributed by atoms with Crippen molar-refractivity contribution in [2.45, 2.75) is 16.2 Å². The third kappa shape index (κ3) is 3.11. The molecule has 0 fully saturated rings. The van der Waals surface area contributed by atoms with E-state index in [4.69, 9.17) is 10.5 Å². The van der Waals surface area contributed by atoms with Crippen molar-refractivity contribution in [3.63, 3.8) is 0 Å². The SMILES string of the molecule is COc1ccc(Sc2n[nH]c(C(F)(F)F)n2)c(N)c1. The van der Waals surface area contributed by atoms with Crippen LogP contribution in [-0.4, -0.2) is 22.3 Å². The summed E-state index contributed by atoms with van der Waals surface area (Å²) < 4.78 is 42.0. The second-order valence-corrected chi connectivity index (χ2v) is 4.48. The minimum Gasteiger partial charge on any atom is -0.497 e. The van der Waals surface area contributed by atoms with Gasteiger partial charge in [-0.15, -0.1) is 5.10 Å². The number of methoxy groups -OCH3 is 1. The smallest absolute Gasteiger partial charge is 0.451 e. The zero-order valence-electron chi connectivity index (χ0n) is 9.65. The van der Waals surface area contributed by atoms with E-state index in [-0.39, 0.29) is 5.16 Å². The number of hydrogen-bond donors (Lipinski definition) is 2. The lowest BCUT2D eigenvalue weighted by Gasteiger charge is -2.05. The molecular weight excluding hydrogens is 281 g/mol. The molecule has 0 bridgehead atoms. The summed E-state index contributed by atoms with van der Waals surface area (Å²) in [6, 6.07) is 4.85. The number of aromatic nitrogens is 3. The second kappa shape index (κ2) is 5.00. The summed E-state index contributed by atoms with van der Waals surface area (Å²) in [6.45, 7) is 0. The van der Waals surface area contributed by atoms with E-state index < -0.39 is 12.0 Å². The zero-order valence-corrected chi connectivity index (χ0v) is 10.5. The number of hydrogen-bond acceptors (Lipinski definition) is 5. The Morgan fingerprint density at radius 1 is 1.37 bits per heavy atom. The van der Waals surface area contributed by atoms with Crippen molar-refractivity contribution in [3.05, 3.63) is 24.0 Å². The van der Waals surface area contributed by atoms with Crippen LogP contribution in [0.3, 0.4) is 0 Å². The van der Waals surface area contributed by atoms with Gasteiger partial charge in [0.05, 0.1) is 7.11 Å². The number of alkyl halides is 3. The van der Waals surface area contributed by atoms with E-state index in [1.165, 1.54) is 7.11 Å². The molecular formula is C10H9F3N4OS. The maximum Gasteiger partial charge on any atom is 0.451 e. The Kier molecular flexibility index (Phi) is 3.56. The van der Waals surface area contributed by atoms with E-state index >= 15 is 0 Å². The van der Waals surface area contributed by atoms with Gasteiger partial charge in [0.2, 0.25) is 11.0 Å². The highest BCUT2D eigenvalue weighted by Crippen LogP contribution is 2.34. The Hall–Kier alpha value is -1.90. The van der Waals surface area contributed by atoms with Crippen LogP contribution < -0.4 is 10.5 Å². The number of halogens is 3. The van der Waals surface area contributed by atoms with Crippen LogP contribution in [0.25, 0.3) is 0 Å². The Balaban J connectivity index is 2.20. The Morgan fingerprint density at radius 2 is 2.11 bits per heavy atom. The highest BCUT2D eigenvalue weighted by molar-refractivity contribution is 7.99. The molecule has 19 heavy (non-hydrogen) atoms. The van der Waals surface area contributed by atoms with Gasteiger partial charge in [0.15, 0.2) is 0 Å². The van der Waals surface area contributed by atoms with Gasteiger partial charge in [-0.1, -0.05) is 0 Å². The van der Waals surface area contributed by atoms with Gasteiger partial charge in [-0.25, -0.2) is 0 Å². The molecule has 0 aliphatic rings. The number of anilines is 1. The molecule has 9 heteroatoms. The van der Waals surface area contributed by atoms with Crippen LogP contribution in [0.15, 0.2) is 28.3 Å². The molecule has 0 radical (unpaired) electrons. The minimum absolute atomic E-state index is 0.0517. The van der Waals surface area contributed by atoms with E-state index in [1.807, 2.05) is 5.10 Å². The van der Waals surface area contributed by atoms with E-state index in [2.05, 4.69) is 10.1 Å². The number of nitrogens with zero attached hydrogens (tertiary/aromatic N) is 2. The number of nitrogen functional groups attached to an aromatic ring is 1. The standard InChI is InChI=1S/C10H9F3N4OS/c1-18-5-2-3-7(6(14)4-5)19-9-15-8(16-17-9)10(11,12)13/h2-4H,14H2,1H3,(H,15,16,17). The number of nitrogens with one attached hydrogen (secondary N) is 1. The number of nitrogens with two attached hydrogens (primary N) is 1. The Morgan fingerprint density at radius 3 is 2.63 bits per heavy atom. The summed E-state index contributed by atoms with van der Waals surface area (Å²) in [5, 5.41) is 5.27. The number of rotatable bonds is 3. The van der Waals surface area contributed by atoms with Crippen molar-refractivity contribution < 1.29 is 17.9 Å². The van der Waals surface area contributed by atoms with Crippen LogP contribution in [0.2, 0.25) is 0 Å². The predicted molar refractivity (Wildman–Crippen MR) is 62.9 cm³/mol. The summed E-state index contributed by atoms with van der Waals surface area (Å²) in [5.74, 6) is -0.574. The lowest BCUT2D eigenvalue weighted by Crippen LogP contribution is -2.07. The molecule has 0 spiro atoms. The normalized spacial score (nSPS) is 11.6. The maximum atomic E-state index is 12.3. The molecule has 1 heterocycles. The predicted octanol–water partition coefficient (Wildman–Crippen LogP) is 2.57. The van der Waals surface area contributed by atoms with Crippen molar-refractivity contribution in [2.24, 2.45) is 0 Å². The van der Waals surface area contributed by atoms with Crippen LogP contribution in [-0.2, 0) is 6.18 Å². The summed E-state index contributed by atoms with van der Waals surface area (Å²) in [4.78, 5) is 3.89. The molecule has 1 aromatic carbocycles. The molecule has 1 aromatic heterocycles. The van der Waals surface area contributed by atoms with Gasteiger partial charge in [-0.05, 0) is 23.9 Å². The van der Waals surface area contributed by atoms with Crippen molar-refractivity contribution in [1.29, 1.82) is 0 Å². The lowest BCUT2D eigenvalue weighted by molar-refractivity contribution is -0.144. The van der Waals surface area contributed by atoms with Gasteiger partial charge < -0.3 is 10.5 Å². The lowest BCUT2D eigenvalue weighted by atomic mass is 10.3. The first-order valence-corrected chi connectivity index (χ1v) is 5.83. The van der Waals surface area contributed by atoms with Gasteiger partial charge in [-0.2, -0.15) is 18.2 Å². The molecule has 0 unspecified atom stereocenters. The molecule has 0 amide bonds. The zero-order chi connectivity index (χ0) is 14.0. The molecule has 0 saturated heterocycles. The van der Waals surface area contributed by atoms with E-state index in [0.29, 0.717) is 16.3 Å². The first-order valence-electron chi connectivity index (χ1n) is 5.01. The highest BCUT2D eigenvalue weighted by Gasteiger charge is 2.35. The number of ether oxygens (including phenoxy) is 1. The second-order valence-electron chi connectivity index (χ2n) is 3.47. The molecule has 3 N–H and O–H groups in total. The van der Waals surface area contributed by atoms with E-state index in [0.717, 1.165) is 11.8 Å². The van der Waals surface area contributed by atoms with Crippen molar-refractivity contribution in [2.75, 3.05) is 12.8 Å². The molecule has 0 aliphatic heterocycles. The average Bonchev–Trinajstić information content (AvgIpc) is 2.80. The largest absolute Gasteiger partial charge is 0.497 e. The van der Waals surface area contributed by atoms with Gasteiger partial charge in [0, 0.05) is 16.6 Å². The van der Waals surface area contributed by atoms with E-state index in [1.54, 1.807) is 18.2 Å². The summed E-state index contributed by atoms with van der Waals surface area (Å²) in [6.07, 6.45) is -4.54. The van der Waals surface area contributed by atoms with Gasteiger partial charge >= 0.3 is 6.18 Å². The van der Waals surface area contributed by atoms with Gasteiger partial charge in [0.1, 0.15) is 5.75 Å². The third-order valence-corrected chi connectivity index (χ3v) is 3.11. The molecule has 102 valence electrons. The highest BCUT2D eigenvalue weighted by atomic mass is 32.2. The maximum absolute atomic E-state index is 12.3. The first-order chi connectivity index (χ1) is 8.90. The molecule has 2 rings (SSSR count). The summed E-state index contributed by atoms with van der Waals surface area (Å²) >= 11 is 0.936. The monoisotopic (exact) mass is 290 g/mol. The molecule has 5 nitrogen and oxygen atoms in total. The van der Waals surface area contributed by atoms with Crippen LogP contribution in [0.5, 0.6) is 5.75 Å². The van der Waals surface area contributed by atoms with Gasteiger partial charge in [0.25, 0.3) is 0 Å². The molecule has 0 aliphatic carbocycles. The fourth-order valence-electron chi connectivity index (χ4n) is 1.26. The Labute approximate surface area is 110 Å². The van der Waals surface area contributed by atoms with Crippen molar-refractivity contribution in [1.82, 2.24) is 15.2 Å². The van der Waals surface area contributed by atoms with Crippen LogP contribution in [0.4, 0.5) is 18.9 Å². The third-order valence-electron chi connectivity index (χ3n) is 2.15. The number of aromatic amines is 1. The fraction of sp³-hybridized carbons (Fsp3) is 0.200. The minimum atomic E-state index is -4.54. The molecule has 2 aromatic rings. The van der Waals surface area contributed by atoms with Crippen LogP contribution >= 0.6 is 11.8 Å². The van der Waals surface area contributed by atoms with Crippen LogP contribution in [0, 0.1) is 0 Å². The fourth-order valence-corrected chi connectivity index (χ4v) is 2.00. The molecule has 0 atom stereocenters. The van der Waals surface area contributed by atoms with E-state index in [9.17, 15) is 13.2 Å². The summed E-state index contributed by atoms with van der Waals surface area (Å²) in [5.41, 5.74) is 6.13. The summed E-state index contributed by atoms with van der Waals surface area (Å²) in [7, 11) is 1.49. The topological polar surface area (TPSA) is 76.8 Å². The number of benzene rings is 1. The molecule has 0 saturated carbocycles. The first kappa shape index (κ1) is 13.5. The van der Waals surface area contributed by atoms with Gasteiger partial charge in [-0.3, -0.25) is 5.10 Å². The Bertz CT molecular complexity index is 584. The average molecular weight is 290 g/mol. The number of H-pyrrole nitrogens is 1. The van der Waals surface area contributed by atoms with Crippen LogP contribution in [0.1, 0.15) is 5.82 Å². The quantitative estimate of drug-likeness (QED) is 0.850. The van der Waals surface area contributed by atoms with Crippen molar-refractivity contribution >= 4 is 17.4 Å². The van der Waals surface area contributed by atoms with Crippen molar-refractivity contribution in [3.8, 4) is 5.75 Å².